The Morgan fingerprint density at radius 2 is 1.94 bits per heavy atom. The Morgan fingerprint density at radius 3 is 2.50 bits per heavy atom. The molecule has 0 bridgehead atoms. The number of aliphatic carboxylic acids is 1. The van der Waals surface area contributed by atoms with Crippen LogP contribution in [0.1, 0.15) is 32.6 Å². The van der Waals surface area contributed by atoms with Crippen molar-refractivity contribution in [3.8, 4) is 0 Å². The number of rotatable bonds is 6. The molecule has 1 aliphatic rings. The van der Waals surface area contributed by atoms with E-state index in [1.807, 2.05) is 0 Å². The molecule has 18 heavy (non-hydrogen) atoms. The first-order valence-corrected chi connectivity index (χ1v) is 6.20. The van der Waals surface area contributed by atoms with Crippen molar-refractivity contribution < 1.29 is 24.5 Å². The van der Waals surface area contributed by atoms with E-state index in [4.69, 9.17) is 5.11 Å². The van der Waals surface area contributed by atoms with E-state index in [2.05, 4.69) is 17.0 Å². The molecule has 0 saturated heterocycles. The lowest BCUT2D eigenvalue weighted by Crippen LogP contribution is -2.46. The van der Waals surface area contributed by atoms with Gasteiger partial charge in [-0.3, -0.25) is 4.79 Å². The van der Waals surface area contributed by atoms with Crippen LogP contribution >= 0.6 is 0 Å². The third kappa shape index (κ3) is 5.46. The second-order valence-corrected chi connectivity index (χ2v) is 5.07. The fourth-order valence-electron chi connectivity index (χ4n) is 2.02. The molecular weight excluding hydrogens is 238 g/mol. The third-order valence-corrected chi connectivity index (χ3v) is 3.28. The van der Waals surface area contributed by atoms with Gasteiger partial charge in [-0.2, -0.15) is 0 Å². The molecule has 6 nitrogen and oxygen atoms in total. The van der Waals surface area contributed by atoms with Crippen LogP contribution in [0.4, 0.5) is 0 Å². The van der Waals surface area contributed by atoms with Crippen LogP contribution < -0.4 is 5.32 Å². The first-order valence-electron chi connectivity index (χ1n) is 6.20. The van der Waals surface area contributed by atoms with Crippen LogP contribution in [0.2, 0.25) is 0 Å². The highest BCUT2D eigenvalue weighted by atomic mass is 16.5. The Kier molecular flexibility index (Phi) is 5.55. The van der Waals surface area contributed by atoms with E-state index < -0.39 is 24.1 Å². The quantitative estimate of drug-likeness (QED) is 0.631. The normalized spacial score (nSPS) is 27.8. The number of hydrogen-bond acceptors (Lipinski definition) is 4. The van der Waals surface area contributed by atoms with Crippen LogP contribution in [0.15, 0.2) is 0 Å². The SMILES string of the molecule is CC1CCC(O)(CNC(=O)COCC(=O)O)CC1. The number of carbonyl (C=O) groups is 2. The summed E-state index contributed by atoms with van der Waals surface area (Å²) >= 11 is 0. The lowest BCUT2D eigenvalue weighted by atomic mass is 9.79. The number of amides is 1. The van der Waals surface area contributed by atoms with Gasteiger partial charge in [0.25, 0.3) is 0 Å². The number of aliphatic hydroxyl groups is 1. The fourth-order valence-corrected chi connectivity index (χ4v) is 2.02. The number of ether oxygens (including phenoxy) is 1. The van der Waals surface area contributed by atoms with Crippen LogP contribution in [-0.2, 0) is 14.3 Å². The molecule has 1 aliphatic carbocycles. The molecule has 6 heteroatoms. The monoisotopic (exact) mass is 259 g/mol. The maximum atomic E-state index is 11.3. The lowest BCUT2D eigenvalue weighted by Gasteiger charge is -2.34. The predicted octanol–water partition coefficient (Wildman–Crippen LogP) is 0.145. The summed E-state index contributed by atoms with van der Waals surface area (Å²) in [5.41, 5.74) is -0.824. The summed E-state index contributed by atoms with van der Waals surface area (Å²) in [7, 11) is 0. The lowest BCUT2D eigenvalue weighted by molar-refractivity contribution is -0.143. The van der Waals surface area contributed by atoms with Gasteiger partial charge in [-0.1, -0.05) is 6.92 Å². The number of nitrogens with one attached hydrogen (secondary N) is 1. The van der Waals surface area contributed by atoms with E-state index in [-0.39, 0.29) is 13.2 Å². The molecule has 0 unspecified atom stereocenters. The smallest absolute Gasteiger partial charge is 0.329 e. The van der Waals surface area contributed by atoms with Crippen molar-refractivity contribution in [1.29, 1.82) is 0 Å². The highest BCUT2D eigenvalue weighted by molar-refractivity contribution is 5.77. The highest BCUT2D eigenvalue weighted by Gasteiger charge is 2.31. The van der Waals surface area contributed by atoms with Crippen molar-refractivity contribution in [2.75, 3.05) is 19.8 Å². The largest absolute Gasteiger partial charge is 0.480 e. The average molecular weight is 259 g/mol. The zero-order valence-electron chi connectivity index (χ0n) is 10.6. The Morgan fingerprint density at radius 1 is 1.33 bits per heavy atom. The number of carbonyl (C=O) groups excluding carboxylic acids is 1. The fraction of sp³-hybridized carbons (Fsp3) is 0.833. The van der Waals surface area contributed by atoms with Gasteiger partial charge < -0.3 is 20.3 Å². The van der Waals surface area contributed by atoms with Gasteiger partial charge >= 0.3 is 5.97 Å². The molecule has 0 aromatic heterocycles. The second-order valence-electron chi connectivity index (χ2n) is 5.07. The zero-order valence-corrected chi connectivity index (χ0v) is 10.6. The standard InChI is InChI=1S/C12H21NO5/c1-9-2-4-12(17,5-3-9)8-13-10(14)6-18-7-11(15)16/h9,17H,2-8H2,1H3,(H,13,14)(H,15,16). The van der Waals surface area contributed by atoms with E-state index >= 15 is 0 Å². The van der Waals surface area contributed by atoms with Crippen LogP contribution in [0.5, 0.6) is 0 Å². The van der Waals surface area contributed by atoms with E-state index in [9.17, 15) is 14.7 Å². The summed E-state index contributed by atoms with van der Waals surface area (Å²) in [6, 6.07) is 0. The molecule has 1 saturated carbocycles. The van der Waals surface area contributed by atoms with E-state index in [0.29, 0.717) is 18.8 Å². The van der Waals surface area contributed by atoms with E-state index in [1.54, 1.807) is 0 Å². The van der Waals surface area contributed by atoms with Crippen LogP contribution in [0, 0.1) is 5.92 Å². The molecule has 1 fully saturated rings. The van der Waals surface area contributed by atoms with Gasteiger partial charge in [-0.05, 0) is 31.6 Å². The van der Waals surface area contributed by atoms with Crippen molar-refractivity contribution in [2.24, 2.45) is 5.92 Å². The molecule has 1 amide bonds. The summed E-state index contributed by atoms with van der Waals surface area (Å²) in [6.07, 6.45) is 3.29. The van der Waals surface area contributed by atoms with E-state index in [1.165, 1.54) is 0 Å². The maximum absolute atomic E-state index is 11.3. The molecule has 0 atom stereocenters. The first kappa shape index (κ1) is 14.9. The van der Waals surface area contributed by atoms with Gasteiger partial charge in [0, 0.05) is 6.54 Å². The van der Waals surface area contributed by atoms with Crippen molar-refractivity contribution in [3.63, 3.8) is 0 Å². The van der Waals surface area contributed by atoms with Gasteiger partial charge in [0.2, 0.25) is 5.91 Å². The van der Waals surface area contributed by atoms with E-state index in [0.717, 1.165) is 12.8 Å². The van der Waals surface area contributed by atoms with Crippen LogP contribution in [0.3, 0.4) is 0 Å². The molecule has 0 aromatic carbocycles. The molecular formula is C12H21NO5. The van der Waals surface area contributed by atoms with Crippen molar-refractivity contribution >= 4 is 11.9 Å². The highest BCUT2D eigenvalue weighted by Crippen LogP contribution is 2.31. The molecule has 0 aliphatic heterocycles. The van der Waals surface area contributed by atoms with Crippen molar-refractivity contribution in [1.82, 2.24) is 5.32 Å². The number of hydrogen-bond donors (Lipinski definition) is 3. The topological polar surface area (TPSA) is 95.9 Å². The van der Waals surface area contributed by atoms with Crippen molar-refractivity contribution in [2.45, 2.75) is 38.2 Å². The molecule has 0 radical (unpaired) electrons. The maximum Gasteiger partial charge on any atom is 0.329 e. The summed E-state index contributed by atoms with van der Waals surface area (Å²) in [5, 5.41) is 21.1. The van der Waals surface area contributed by atoms with Crippen LogP contribution in [0.25, 0.3) is 0 Å². The average Bonchev–Trinajstić information content (AvgIpc) is 2.31. The number of carboxylic acid groups (broad SMARTS) is 1. The third-order valence-electron chi connectivity index (χ3n) is 3.28. The van der Waals surface area contributed by atoms with Gasteiger partial charge in [0.1, 0.15) is 13.2 Å². The number of carboxylic acids is 1. The molecule has 0 aromatic rings. The Hall–Kier alpha value is -1.14. The second kappa shape index (κ2) is 6.70. The molecule has 1 rings (SSSR count). The molecule has 3 N–H and O–H groups in total. The van der Waals surface area contributed by atoms with Crippen LogP contribution in [-0.4, -0.2) is 47.4 Å². The molecule has 0 spiro atoms. The minimum Gasteiger partial charge on any atom is -0.480 e. The predicted molar refractivity (Wildman–Crippen MR) is 64.0 cm³/mol. The summed E-state index contributed by atoms with van der Waals surface area (Å²) in [5.74, 6) is -0.883. The minimum absolute atomic E-state index is 0.203. The Bertz CT molecular complexity index is 297. The van der Waals surface area contributed by atoms with Gasteiger partial charge in [-0.15, -0.1) is 0 Å². The van der Waals surface area contributed by atoms with Crippen molar-refractivity contribution in [3.05, 3.63) is 0 Å². The van der Waals surface area contributed by atoms with Gasteiger partial charge in [0.15, 0.2) is 0 Å². The Balaban J connectivity index is 2.19. The molecule has 104 valence electrons. The Labute approximate surface area is 106 Å². The molecule has 0 heterocycles. The van der Waals surface area contributed by atoms with Gasteiger partial charge in [0.05, 0.1) is 5.60 Å². The summed E-state index contributed by atoms with van der Waals surface area (Å²) in [6.45, 7) is 1.57. The summed E-state index contributed by atoms with van der Waals surface area (Å²) < 4.78 is 4.65. The summed E-state index contributed by atoms with van der Waals surface area (Å²) in [4.78, 5) is 21.5. The zero-order chi connectivity index (χ0) is 13.6. The van der Waals surface area contributed by atoms with Gasteiger partial charge in [-0.25, -0.2) is 4.79 Å². The first-order chi connectivity index (χ1) is 8.41. The minimum atomic E-state index is -1.11.